The molecule has 32 heavy (non-hydrogen) atoms. The Hall–Kier alpha value is -4.21. The third-order valence-electron chi connectivity index (χ3n) is 4.55. The molecule has 0 aliphatic heterocycles. The van der Waals surface area contributed by atoms with Crippen LogP contribution in [0.4, 0.5) is 10.3 Å². The van der Waals surface area contributed by atoms with Crippen molar-refractivity contribution in [2.45, 2.75) is 25.3 Å². The van der Waals surface area contributed by atoms with E-state index in [0.29, 0.717) is 24.1 Å². The van der Waals surface area contributed by atoms with E-state index in [1.165, 1.54) is 6.07 Å². The van der Waals surface area contributed by atoms with E-state index >= 15 is 0 Å². The van der Waals surface area contributed by atoms with Crippen molar-refractivity contribution in [2.24, 2.45) is 10.7 Å². The molecule has 5 N–H and O–H groups in total. The Kier molecular flexibility index (Phi) is 7.17. The van der Waals surface area contributed by atoms with Gasteiger partial charge in [-0.2, -0.15) is 0 Å². The molecule has 3 aromatic rings. The van der Waals surface area contributed by atoms with Crippen LogP contribution in [0.2, 0.25) is 0 Å². The van der Waals surface area contributed by atoms with Crippen LogP contribution < -0.4 is 11.1 Å². The molecular weight excluding hydrogens is 419 g/mol. The van der Waals surface area contributed by atoms with E-state index < -0.39 is 24.4 Å². The van der Waals surface area contributed by atoms with Gasteiger partial charge in [-0.05, 0) is 30.0 Å². The molecule has 0 bridgehead atoms. The Morgan fingerprint density at radius 1 is 1.12 bits per heavy atom. The van der Waals surface area contributed by atoms with Gasteiger partial charge in [0.2, 0.25) is 5.88 Å². The first-order valence-corrected chi connectivity index (χ1v) is 9.66. The zero-order chi connectivity index (χ0) is 23.1. The highest BCUT2D eigenvalue weighted by molar-refractivity contribution is 5.93. The lowest BCUT2D eigenvalue weighted by Crippen LogP contribution is -2.29. The molecule has 0 saturated heterocycles. The summed E-state index contributed by atoms with van der Waals surface area (Å²) in [4.78, 5) is 25.4. The number of guanidine groups is 1. The number of aliphatic imine (C=N–C) groups is 1. The van der Waals surface area contributed by atoms with Gasteiger partial charge >= 0.3 is 11.9 Å². The summed E-state index contributed by atoms with van der Waals surface area (Å²) >= 11 is 0. The van der Waals surface area contributed by atoms with Crippen LogP contribution in [0.25, 0.3) is 11.1 Å². The number of nitrogens with one attached hydrogen (secondary N) is 1. The second-order valence-electron chi connectivity index (χ2n) is 6.95. The zero-order valence-electron chi connectivity index (χ0n) is 16.9. The van der Waals surface area contributed by atoms with Crippen LogP contribution >= 0.6 is 0 Å². The number of carbonyl (C=O) groups is 2. The summed E-state index contributed by atoms with van der Waals surface area (Å²) in [5, 5.41) is 24.2. The molecular formula is C22H21FN4O5. The van der Waals surface area contributed by atoms with Gasteiger partial charge in [0.05, 0.1) is 12.1 Å². The largest absolute Gasteiger partial charge is 0.481 e. The van der Waals surface area contributed by atoms with Crippen molar-refractivity contribution in [2.75, 3.05) is 5.32 Å². The average molecular weight is 440 g/mol. The van der Waals surface area contributed by atoms with Crippen LogP contribution in [0.1, 0.15) is 17.7 Å². The maximum Gasteiger partial charge on any atom is 0.329 e. The highest BCUT2D eigenvalue weighted by Gasteiger charge is 2.20. The van der Waals surface area contributed by atoms with Crippen molar-refractivity contribution in [3.05, 3.63) is 71.7 Å². The van der Waals surface area contributed by atoms with E-state index in [2.05, 4.69) is 15.5 Å². The van der Waals surface area contributed by atoms with E-state index in [-0.39, 0.29) is 17.7 Å². The molecule has 0 radical (unpaired) electrons. The van der Waals surface area contributed by atoms with Crippen LogP contribution in [-0.4, -0.2) is 39.3 Å². The van der Waals surface area contributed by atoms with Crippen LogP contribution in [0.3, 0.4) is 0 Å². The minimum absolute atomic E-state index is 0.117. The second-order valence-corrected chi connectivity index (χ2v) is 6.95. The molecule has 0 aliphatic carbocycles. The van der Waals surface area contributed by atoms with E-state index in [1.807, 2.05) is 36.4 Å². The molecule has 2 aromatic carbocycles. The molecule has 1 aromatic heterocycles. The average Bonchev–Trinajstić information content (AvgIpc) is 3.19. The molecule has 0 aliphatic rings. The summed E-state index contributed by atoms with van der Waals surface area (Å²) in [7, 11) is 0. The van der Waals surface area contributed by atoms with Crippen LogP contribution in [0, 0.1) is 5.82 Å². The van der Waals surface area contributed by atoms with Crippen LogP contribution in [0.5, 0.6) is 0 Å². The highest BCUT2D eigenvalue weighted by atomic mass is 19.1. The zero-order valence-corrected chi connectivity index (χ0v) is 16.9. The fraction of sp³-hybridized carbons (Fsp3) is 0.182. The first-order valence-electron chi connectivity index (χ1n) is 9.66. The van der Waals surface area contributed by atoms with Gasteiger partial charge < -0.3 is 20.5 Å². The number of carboxylic acids is 2. The number of nitrogens with two attached hydrogens (primary N) is 1. The van der Waals surface area contributed by atoms with Gasteiger partial charge in [0.15, 0.2) is 12.0 Å². The number of aliphatic carboxylic acids is 2. The number of carboxylic acid groups (broad SMARTS) is 2. The third-order valence-corrected chi connectivity index (χ3v) is 4.55. The SMILES string of the molecule is NC(=NC(CC(=O)O)C(=O)O)Nc1cc(CCc2ccc(-c3ccccc3)c(F)c2)no1. The molecule has 10 heteroatoms. The van der Waals surface area contributed by atoms with E-state index in [4.69, 9.17) is 20.5 Å². The van der Waals surface area contributed by atoms with Crippen molar-refractivity contribution >= 4 is 23.8 Å². The Morgan fingerprint density at radius 3 is 2.53 bits per heavy atom. The first kappa shape index (κ1) is 22.5. The topological polar surface area (TPSA) is 151 Å². The molecule has 1 atom stereocenters. The molecule has 0 amide bonds. The van der Waals surface area contributed by atoms with E-state index in [0.717, 1.165) is 11.1 Å². The van der Waals surface area contributed by atoms with Crippen molar-refractivity contribution in [3.63, 3.8) is 0 Å². The fourth-order valence-corrected chi connectivity index (χ4v) is 3.01. The number of benzene rings is 2. The number of aromatic nitrogens is 1. The fourth-order valence-electron chi connectivity index (χ4n) is 3.01. The van der Waals surface area contributed by atoms with Gasteiger partial charge in [-0.25, -0.2) is 14.2 Å². The van der Waals surface area contributed by atoms with Gasteiger partial charge in [0.25, 0.3) is 0 Å². The van der Waals surface area contributed by atoms with Crippen molar-refractivity contribution in [3.8, 4) is 11.1 Å². The Labute approximate surface area is 182 Å². The molecule has 9 nitrogen and oxygen atoms in total. The second kappa shape index (κ2) is 10.2. The number of aryl methyl sites for hydroxylation is 2. The monoisotopic (exact) mass is 440 g/mol. The van der Waals surface area contributed by atoms with Crippen molar-refractivity contribution in [1.29, 1.82) is 0 Å². The van der Waals surface area contributed by atoms with Gasteiger partial charge in [-0.3, -0.25) is 10.1 Å². The number of anilines is 1. The quantitative estimate of drug-likeness (QED) is 0.293. The van der Waals surface area contributed by atoms with E-state index in [9.17, 15) is 14.0 Å². The summed E-state index contributed by atoms with van der Waals surface area (Å²) in [6, 6.07) is 14.4. The number of hydrogen-bond acceptors (Lipinski definition) is 5. The Morgan fingerprint density at radius 2 is 1.88 bits per heavy atom. The van der Waals surface area contributed by atoms with E-state index in [1.54, 1.807) is 12.1 Å². The molecule has 1 heterocycles. The molecule has 1 unspecified atom stereocenters. The highest BCUT2D eigenvalue weighted by Crippen LogP contribution is 2.24. The first-order chi connectivity index (χ1) is 15.3. The molecule has 166 valence electrons. The molecule has 3 rings (SSSR count). The predicted octanol–water partition coefficient (Wildman–Crippen LogP) is 2.92. The smallest absolute Gasteiger partial charge is 0.329 e. The third kappa shape index (κ3) is 6.14. The minimum Gasteiger partial charge on any atom is -0.481 e. The molecule has 0 spiro atoms. The predicted molar refractivity (Wildman–Crippen MR) is 115 cm³/mol. The Bertz CT molecular complexity index is 1130. The summed E-state index contributed by atoms with van der Waals surface area (Å²) in [5.74, 6) is -3.24. The lowest BCUT2D eigenvalue weighted by atomic mass is 10.0. The normalized spacial score (nSPS) is 12.3. The lowest BCUT2D eigenvalue weighted by Gasteiger charge is -2.06. The summed E-state index contributed by atoms with van der Waals surface area (Å²) in [6.45, 7) is 0. The summed E-state index contributed by atoms with van der Waals surface area (Å²) in [5.41, 5.74) is 8.31. The van der Waals surface area contributed by atoms with Gasteiger partial charge in [0, 0.05) is 11.6 Å². The summed E-state index contributed by atoms with van der Waals surface area (Å²) in [6.07, 6.45) is 0.267. The molecule has 0 fully saturated rings. The van der Waals surface area contributed by atoms with Crippen LogP contribution in [-0.2, 0) is 22.4 Å². The lowest BCUT2D eigenvalue weighted by molar-refractivity contribution is -0.144. The number of halogens is 1. The van der Waals surface area contributed by atoms with Crippen LogP contribution in [0.15, 0.2) is 64.1 Å². The van der Waals surface area contributed by atoms with Gasteiger partial charge in [0.1, 0.15) is 5.82 Å². The number of hydrogen-bond donors (Lipinski definition) is 4. The maximum atomic E-state index is 14.5. The number of rotatable bonds is 9. The maximum absolute atomic E-state index is 14.5. The van der Waals surface area contributed by atoms with Crippen molar-refractivity contribution < 1.29 is 28.7 Å². The standard InChI is InChI=1S/C22H21FN4O5/c23-17-10-13(7-9-16(17)14-4-2-1-3-5-14)6-8-15-11-19(32-27-15)26-22(24)25-18(21(30)31)12-20(28)29/h1-5,7,9-11,18H,6,8,12H2,(H,28,29)(H,30,31)(H3,24,25,26). The van der Waals surface area contributed by atoms with Gasteiger partial charge in [-0.15, -0.1) is 0 Å². The van der Waals surface area contributed by atoms with Gasteiger partial charge in [-0.1, -0.05) is 47.6 Å². The Balaban J connectivity index is 1.59. The summed E-state index contributed by atoms with van der Waals surface area (Å²) < 4.78 is 19.6. The minimum atomic E-state index is -1.53. The molecule has 0 saturated carbocycles. The van der Waals surface area contributed by atoms with Crippen molar-refractivity contribution in [1.82, 2.24) is 5.16 Å². The number of nitrogens with zero attached hydrogens (tertiary/aromatic N) is 2.